The van der Waals surface area contributed by atoms with Crippen molar-refractivity contribution in [2.24, 2.45) is 11.3 Å². The lowest BCUT2D eigenvalue weighted by atomic mass is 9.75. The molecule has 0 aromatic heterocycles. The van der Waals surface area contributed by atoms with Crippen molar-refractivity contribution in [3.63, 3.8) is 0 Å². The van der Waals surface area contributed by atoms with Gasteiger partial charge in [-0.25, -0.2) is 0 Å². The number of carbonyl (C=O) groups is 2. The summed E-state index contributed by atoms with van der Waals surface area (Å²) < 4.78 is 45.8. The van der Waals surface area contributed by atoms with E-state index in [4.69, 9.17) is 4.74 Å². The van der Waals surface area contributed by atoms with Crippen LogP contribution < -0.4 is 15.0 Å². The van der Waals surface area contributed by atoms with E-state index in [0.717, 1.165) is 25.0 Å². The number of rotatable bonds is 6. The number of hydrogen-bond donors (Lipinski definition) is 1. The predicted molar refractivity (Wildman–Crippen MR) is 119 cm³/mol. The third-order valence-electron chi connectivity index (χ3n) is 6.73. The van der Waals surface area contributed by atoms with Gasteiger partial charge in [0.1, 0.15) is 5.75 Å². The minimum absolute atomic E-state index is 0.0387. The van der Waals surface area contributed by atoms with Gasteiger partial charge in [0, 0.05) is 18.7 Å². The number of para-hydroxylation sites is 2. The number of benzene rings is 2. The average Bonchev–Trinajstić information content (AvgIpc) is 3.55. The molecular weight excluding hydrogens is 433 g/mol. The third kappa shape index (κ3) is 4.43. The number of carbonyl (C=O) groups excluding carboxylic acids is 2. The fourth-order valence-electron chi connectivity index (χ4n) is 4.46. The second kappa shape index (κ2) is 8.39. The van der Waals surface area contributed by atoms with Gasteiger partial charge in [-0.1, -0.05) is 26.0 Å². The van der Waals surface area contributed by atoms with Crippen LogP contribution in [0.3, 0.4) is 0 Å². The van der Waals surface area contributed by atoms with Gasteiger partial charge in [0.25, 0.3) is 0 Å². The normalized spacial score (nSPS) is 20.9. The summed E-state index contributed by atoms with van der Waals surface area (Å²) in [5.41, 5.74) is -0.613. The zero-order chi connectivity index (χ0) is 24.0. The summed E-state index contributed by atoms with van der Waals surface area (Å²) in [6.45, 7) is 3.81. The maximum atomic E-state index is 13.5. The monoisotopic (exact) mass is 460 g/mol. The summed E-state index contributed by atoms with van der Waals surface area (Å²) in [4.78, 5) is 28.0. The number of anilines is 2. The molecule has 4 rings (SSSR count). The largest absolute Gasteiger partial charge is 0.495 e. The van der Waals surface area contributed by atoms with E-state index in [2.05, 4.69) is 5.32 Å². The second-order valence-electron chi connectivity index (χ2n) is 9.21. The van der Waals surface area contributed by atoms with Gasteiger partial charge in [0.15, 0.2) is 0 Å². The van der Waals surface area contributed by atoms with Crippen LogP contribution in [0.4, 0.5) is 24.5 Å². The molecule has 2 aliphatic rings. The van der Waals surface area contributed by atoms with E-state index in [-0.39, 0.29) is 36.4 Å². The van der Waals surface area contributed by atoms with E-state index in [1.165, 1.54) is 12.0 Å². The number of nitrogens with one attached hydrogen (secondary N) is 1. The van der Waals surface area contributed by atoms with E-state index >= 15 is 0 Å². The molecule has 33 heavy (non-hydrogen) atoms. The Bertz CT molecular complexity index is 1080. The first kappa shape index (κ1) is 23.1. The van der Waals surface area contributed by atoms with Crippen molar-refractivity contribution < 1.29 is 27.5 Å². The molecule has 0 spiro atoms. The van der Waals surface area contributed by atoms with Crippen molar-refractivity contribution >= 4 is 23.2 Å². The molecule has 2 fully saturated rings. The van der Waals surface area contributed by atoms with Crippen LogP contribution in [-0.4, -0.2) is 25.5 Å². The summed E-state index contributed by atoms with van der Waals surface area (Å²) in [6, 6.07) is 10.8. The van der Waals surface area contributed by atoms with Crippen LogP contribution in [0.15, 0.2) is 42.5 Å². The summed E-state index contributed by atoms with van der Waals surface area (Å²) in [5, 5.41) is 2.71. The third-order valence-corrected chi connectivity index (χ3v) is 6.73. The molecule has 2 amide bonds. The van der Waals surface area contributed by atoms with Gasteiger partial charge >= 0.3 is 6.18 Å². The standard InChI is InChI=1S/C25H27F3N2O3/c1-15(2)24(13-22(31)30(14-24)20-6-4-5-7-21(20)33-3)23(32)29-19-11-17(16-8-9-16)10-18(12-19)25(26,27)28/h4-7,10-12,15-16H,8-9,13-14H2,1-3H3,(H,29,32). The Morgan fingerprint density at radius 3 is 2.48 bits per heavy atom. The molecule has 1 saturated heterocycles. The number of hydrogen-bond acceptors (Lipinski definition) is 3. The predicted octanol–water partition coefficient (Wildman–Crippen LogP) is 5.61. The van der Waals surface area contributed by atoms with Crippen molar-refractivity contribution in [2.75, 3.05) is 23.9 Å². The Morgan fingerprint density at radius 2 is 1.88 bits per heavy atom. The first-order chi connectivity index (χ1) is 15.5. The first-order valence-corrected chi connectivity index (χ1v) is 11.0. The van der Waals surface area contributed by atoms with Crippen LogP contribution >= 0.6 is 0 Å². The Balaban J connectivity index is 1.65. The fraction of sp³-hybridized carbons (Fsp3) is 0.440. The summed E-state index contributed by atoms with van der Waals surface area (Å²) in [7, 11) is 1.51. The van der Waals surface area contributed by atoms with Crippen molar-refractivity contribution in [3.8, 4) is 5.75 Å². The molecule has 1 aliphatic carbocycles. The number of alkyl halides is 3. The highest BCUT2D eigenvalue weighted by molar-refractivity contribution is 6.06. The van der Waals surface area contributed by atoms with Gasteiger partial charge in [0.2, 0.25) is 11.8 Å². The number of amides is 2. The molecule has 1 N–H and O–H groups in total. The molecule has 1 atom stereocenters. The second-order valence-corrected chi connectivity index (χ2v) is 9.21. The van der Waals surface area contributed by atoms with Gasteiger partial charge < -0.3 is 15.0 Å². The lowest BCUT2D eigenvalue weighted by Gasteiger charge is -2.31. The molecule has 0 radical (unpaired) electrons. The molecule has 2 aromatic carbocycles. The lowest BCUT2D eigenvalue weighted by molar-refractivity contribution is -0.137. The highest BCUT2D eigenvalue weighted by Gasteiger charge is 2.52. The van der Waals surface area contributed by atoms with E-state index in [1.54, 1.807) is 30.3 Å². The molecule has 1 saturated carbocycles. The Morgan fingerprint density at radius 1 is 1.18 bits per heavy atom. The van der Waals surface area contributed by atoms with Crippen LogP contribution in [0.1, 0.15) is 50.2 Å². The average molecular weight is 460 g/mol. The van der Waals surface area contributed by atoms with Gasteiger partial charge in [-0.2, -0.15) is 13.2 Å². The molecule has 2 aromatic rings. The Kier molecular flexibility index (Phi) is 5.88. The number of ether oxygens (including phenoxy) is 1. The van der Waals surface area contributed by atoms with E-state index < -0.39 is 23.1 Å². The molecular formula is C25H27F3N2O3. The molecule has 8 heteroatoms. The minimum Gasteiger partial charge on any atom is -0.495 e. The van der Waals surface area contributed by atoms with Crippen LogP contribution in [-0.2, 0) is 15.8 Å². The summed E-state index contributed by atoms with van der Waals surface area (Å²) in [6.07, 6.45) is -2.87. The van der Waals surface area contributed by atoms with Gasteiger partial charge in [-0.3, -0.25) is 9.59 Å². The molecule has 0 bridgehead atoms. The van der Waals surface area contributed by atoms with Crippen molar-refractivity contribution in [3.05, 3.63) is 53.6 Å². The van der Waals surface area contributed by atoms with Crippen LogP contribution in [0.5, 0.6) is 5.75 Å². The summed E-state index contributed by atoms with van der Waals surface area (Å²) >= 11 is 0. The highest BCUT2D eigenvalue weighted by atomic mass is 19.4. The maximum absolute atomic E-state index is 13.5. The molecule has 1 aliphatic heterocycles. The minimum atomic E-state index is -4.51. The fourth-order valence-corrected chi connectivity index (χ4v) is 4.46. The highest BCUT2D eigenvalue weighted by Crippen LogP contribution is 2.45. The lowest BCUT2D eigenvalue weighted by Crippen LogP contribution is -2.43. The topological polar surface area (TPSA) is 58.6 Å². The first-order valence-electron chi connectivity index (χ1n) is 11.0. The van der Waals surface area contributed by atoms with Crippen LogP contribution in [0.2, 0.25) is 0 Å². The number of nitrogens with zero attached hydrogens (tertiary/aromatic N) is 1. The SMILES string of the molecule is COc1ccccc1N1CC(C(=O)Nc2cc(C3CC3)cc(C(F)(F)F)c2)(C(C)C)CC1=O. The van der Waals surface area contributed by atoms with Gasteiger partial charge in [-0.15, -0.1) is 0 Å². The van der Waals surface area contributed by atoms with Crippen LogP contribution in [0, 0.1) is 11.3 Å². The molecule has 1 unspecified atom stereocenters. The van der Waals surface area contributed by atoms with E-state index in [1.807, 2.05) is 13.8 Å². The van der Waals surface area contributed by atoms with Crippen molar-refractivity contribution in [1.82, 2.24) is 0 Å². The zero-order valence-corrected chi connectivity index (χ0v) is 18.8. The number of halogens is 3. The van der Waals surface area contributed by atoms with Crippen molar-refractivity contribution in [2.45, 2.75) is 45.2 Å². The Labute approximate surface area is 190 Å². The molecule has 176 valence electrons. The zero-order valence-electron chi connectivity index (χ0n) is 18.8. The maximum Gasteiger partial charge on any atom is 0.416 e. The quantitative estimate of drug-likeness (QED) is 0.610. The van der Waals surface area contributed by atoms with Crippen LogP contribution in [0.25, 0.3) is 0 Å². The smallest absolute Gasteiger partial charge is 0.416 e. The number of methoxy groups -OCH3 is 1. The molecule has 5 nitrogen and oxygen atoms in total. The van der Waals surface area contributed by atoms with Crippen molar-refractivity contribution in [1.29, 1.82) is 0 Å². The van der Waals surface area contributed by atoms with E-state index in [9.17, 15) is 22.8 Å². The van der Waals surface area contributed by atoms with Gasteiger partial charge in [0.05, 0.1) is 23.8 Å². The van der Waals surface area contributed by atoms with E-state index in [0.29, 0.717) is 17.0 Å². The molecule has 1 heterocycles. The van der Waals surface area contributed by atoms with Gasteiger partial charge in [-0.05, 0) is 60.6 Å². The Hall–Kier alpha value is -3.03. The summed E-state index contributed by atoms with van der Waals surface area (Å²) in [5.74, 6) is -0.306.